The molecule has 4 nitrogen and oxygen atoms in total. The summed E-state index contributed by atoms with van der Waals surface area (Å²) in [5.41, 5.74) is 0.655. The second-order valence-electron chi connectivity index (χ2n) is 7.83. The third kappa shape index (κ3) is 5.98. The Morgan fingerprint density at radius 2 is 1.83 bits per heavy atom. The van der Waals surface area contributed by atoms with E-state index < -0.39 is 0 Å². The Labute approximate surface area is 143 Å². The third-order valence-electron chi connectivity index (χ3n) is 5.51. The molecule has 1 aliphatic carbocycles. The maximum atomic E-state index is 4.89. The Kier molecular flexibility index (Phi) is 7.68. The summed E-state index contributed by atoms with van der Waals surface area (Å²) in [4.78, 5) is 9.68. The molecular formula is C19H38N4. The molecule has 23 heavy (non-hydrogen) atoms. The number of nitrogens with zero attached hydrogens (tertiary/aromatic N) is 3. The fraction of sp³-hybridized carbons (Fsp3) is 0.947. The van der Waals surface area contributed by atoms with E-state index in [1.165, 1.54) is 83.4 Å². The van der Waals surface area contributed by atoms with E-state index in [1.807, 2.05) is 0 Å². The fourth-order valence-electron chi connectivity index (χ4n) is 3.88. The molecule has 0 atom stereocenters. The van der Waals surface area contributed by atoms with Gasteiger partial charge in [-0.25, -0.2) is 0 Å². The zero-order valence-corrected chi connectivity index (χ0v) is 15.7. The first-order valence-corrected chi connectivity index (χ1v) is 9.83. The largest absolute Gasteiger partial charge is 0.357 e. The van der Waals surface area contributed by atoms with Gasteiger partial charge in [0.15, 0.2) is 5.96 Å². The molecule has 0 aromatic rings. The minimum Gasteiger partial charge on any atom is -0.357 e. The average Bonchev–Trinajstić information content (AvgIpc) is 2.94. The summed E-state index contributed by atoms with van der Waals surface area (Å²) >= 11 is 0. The summed E-state index contributed by atoms with van der Waals surface area (Å²) in [5, 5.41) is 3.50. The van der Waals surface area contributed by atoms with Crippen LogP contribution in [-0.2, 0) is 0 Å². The molecule has 0 unspecified atom stereocenters. The minimum atomic E-state index is 0.655. The summed E-state index contributed by atoms with van der Waals surface area (Å²) in [6.45, 7) is 7.81. The first-order chi connectivity index (χ1) is 11.2. The van der Waals surface area contributed by atoms with Crippen LogP contribution in [0.5, 0.6) is 0 Å². The molecule has 2 aliphatic rings. The van der Waals surface area contributed by atoms with E-state index in [9.17, 15) is 0 Å². The van der Waals surface area contributed by atoms with Crippen LogP contribution in [0.4, 0.5) is 0 Å². The van der Waals surface area contributed by atoms with Crippen molar-refractivity contribution in [3.8, 4) is 0 Å². The smallest absolute Gasteiger partial charge is 0.193 e. The molecule has 1 saturated heterocycles. The van der Waals surface area contributed by atoms with Gasteiger partial charge < -0.3 is 15.1 Å². The molecule has 1 spiro atoms. The fourth-order valence-corrected chi connectivity index (χ4v) is 3.88. The predicted octanol–water partition coefficient (Wildman–Crippen LogP) is 3.34. The average molecular weight is 323 g/mol. The highest BCUT2D eigenvalue weighted by Gasteiger charge is 2.43. The first kappa shape index (κ1) is 18.6. The summed E-state index contributed by atoms with van der Waals surface area (Å²) in [6.07, 6.45) is 12.3. The van der Waals surface area contributed by atoms with Crippen molar-refractivity contribution in [3.63, 3.8) is 0 Å². The molecule has 1 saturated carbocycles. The Hall–Kier alpha value is -0.770. The highest BCUT2D eigenvalue weighted by Crippen LogP contribution is 2.47. The number of aliphatic imine (C=N–C) groups is 1. The van der Waals surface area contributed by atoms with Crippen molar-refractivity contribution in [3.05, 3.63) is 0 Å². The van der Waals surface area contributed by atoms with Crippen molar-refractivity contribution < 1.29 is 0 Å². The second-order valence-corrected chi connectivity index (χ2v) is 7.83. The van der Waals surface area contributed by atoms with Gasteiger partial charge in [-0.1, -0.05) is 25.7 Å². The van der Waals surface area contributed by atoms with Gasteiger partial charge in [-0.2, -0.15) is 0 Å². The lowest BCUT2D eigenvalue weighted by Gasteiger charge is -2.38. The number of nitrogens with one attached hydrogen (secondary N) is 1. The molecule has 2 rings (SSSR count). The van der Waals surface area contributed by atoms with Gasteiger partial charge in [0.25, 0.3) is 0 Å². The number of guanidine groups is 1. The minimum absolute atomic E-state index is 0.655. The maximum absolute atomic E-state index is 4.89. The molecule has 0 aromatic heterocycles. The van der Waals surface area contributed by atoms with E-state index in [1.54, 1.807) is 0 Å². The van der Waals surface area contributed by atoms with Gasteiger partial charge in [0.2, 0.25) is 0 Å². The summed E-state index contributed by atoms with van der Waals surface area (Å²) in [5.74, 6) is 1.17. The zero-order valence-electron chi connectivity index (χ0n) is 15.7. The standard InChI is InChI=1S/C19H38N4/c1-4-20-18(23-16-13-19(17-23)11-10-12-19)21-14-8-6-5-7-9-15-22(2)3/h4-17H2,1-3H3,(H,20,21). The van der Waals surface area contributed by atoms with Crippen LogP contribution in [0, 0.1) is 5.41 Å². The lowest BCUT2D eigenvalue weighted by atomic mass is 9.68. The van der Waals surface area contributed by atoms with Gasteiger partial charge >= 0.3 is 0 Å². The first-order valence-electron chi connectivity index (χ1n) is 9.83. The molecular weight excluding hydrogens is 284 g/mol. The number of rotatable bonds is 9. The SMILES string of the molecule is CCNC(=NCCCCCCCN(C)C)N1CCC2(CCC2)C1. The molecule has 0 amide bonds. The number of hydrogen-bond donors (Lipinski definition) is 1. The molecule has 134 valence electrons. The topological polar surface area (TPSA) is 30.9 Å². The van der Waals surface area contributed by atoms with E-state index in [-0.39, 0.29) is 0 Å². The normalized spacial score (nSPS) is 20.3. The van der Waals surface area contributed by atoms with Crippen molar-refractivity contribution in [1.82, 2.24) is 15.1 Å². The Morgan fingerprint density at radius 1 is 1.09 bits per heavy atom. The monoisotopic (exact) mass is 322 g/mol. The van der Waals surface area contributed by atoms with Crippen LogP contribution in [0.2, 0.25) is 0 Å². The van der Waals surface area contributed by atoms with Crippen LogP contribution in [0.25, 0.3) is 0 Å². The van der Waals surface area contributed by atoms with E-state index in [0.717, 1.165) is 13.1 Å². The van der Waals surface area contributed by atoms with Crippen LogP contribution < -0.4 is 5.32 Å². The number of hydrogen-bond acceptors (Lipinski definition) is 2. The quantitative estimate of drug-likeness (QED) is 0.401. The number of likely N-dealkylation sites (tertiary alicyclic amines) is 1. The third-order valence-corrected chi connectivity index (χ3v) is 5.51. The van der Waals surface area contributed by atoms with Gasteiger partial charge in [0, 0.05) is 26.2 Å². The van der Waals surface area contributed by atoms with E-state index >= 15 is 0 Å². The Balaban J connectivity index is 1.62. The molecule has 2 fully saturated rings. The van der Waals surface area contributed by atoms with E-state index in [4.69, 9.17) is 4.99 Å². The van der Waals surface area contributed by atoms with Gasteiger partial charge in [-0.3, -0.25) is 4.99 Å². The van der Waals surface area contributed by atoms with Crippen LogP contribution in [0.3, 0.4) is 0 Å². The van der Waals surface area contributed by atoms with Crippen molar-refractivity contribution in [2.75, 3.05) is 46.8 Å². The molecule has 1 N–H and O–H groups in total. The number of unbranched alkanes of at least 4 members (excludes halogenated alkanes) is 4. The van der Waals surface area contributed by atoms with Gasteiger partial charge in [-0.05, 0) is 65.1 Å². The van der Waals surface area contributed by atoms with E-state index in [2.05, 4.69) is 36.1 Å². The summed E-state index contributed by atoms with van der Waals surface area (Å²) in [7, 11) is 4.31. The second kappa shape index (κ2) is 9.51. The van der Waals surface area contributed by atoms with Crippen LogP contribution in [0.15, 0.2) is 4.99 Å². The molecule has 0 radical (unpaired) electrons. The molecule has 1 aliphatic heterocycles. The Bertz CT molecular complexity index is 360. The van der Waals surface area contributed by atoms with Crippen molar-refractivity contribution in [1.29, 1.82) is 0 Å². The van der Waals surface area contributed by atoms with Crippen LogP contribution >= 0.6 is 0 Å². The summed E-state index contributed by atoms with van der Waals surface area (Å²) in [6, 6.07) is 0. The van der Waals surface area contributed by atoms with Crippen molar-refractivity contribution >= 4 is 5.96 Å². The van der Waals surface area contributed by atoms with Crippen molar-refractivity contribution in [2.24, 2.45) is 10.4 Å². The van der Waals surface area contributed by atoms with Gasteiger partial charge in [0.1, 0.15) is 0 Å². The molecule has 0 aromatic carbocycles. The predicted molar refractivity (Wildman–Crippen MR) is 100 cm³/mol. The van der Waals surface area contributed by atoms with Gasteiger partial charge in [-0.15, -0.1) is 0 Å². The van der Waals surface area contributed by atoms with E-state index in [0.29, 0.717) is 5.41 Å². The molecule has 4 heteroatoms. The maximum Gasteiger partial charge on any atom is 0.193 e. The molecule has 0 bridgehead atoms. The van der Waals surface area contributed by atoms with Crippen LogP contribution in [0.1, 0.15) is 64.7 Å². The lowest BCUT2D eigenvalue weighted by Crippen LogP contribution is -2.42. The lowest BCUT2D eigenvalue weighted by molar-refractivity contribution is 0.151. The highest BCUT2D eigenvalue weighted by atomic mass is 15.3. The Morgan fingerprint density at radius 3 is 2.43 bits per heavy atom. The summed E-state index contributed by atoms with van der Waals surface area (Å²) < 4.78 is 0. The van der Waals surface area contributed by atoms with Crippen molar-refractivity contribution in [2.45, 2.75) is 64.7 Å². The van der Waals surface area contributed by atoms with Crippen LogP contribution in [-0.4, -0.2) is 62.6 Å². The zero-order chi connectivity index (χ0) is 16.5. The highest BCUT2D eigenvalue weighted by molar-refractivity contribution is 5.80. The molecule has 1 heterocycles. The van der Waals surface area contributed by atoms with Gasteiger partial charge in [0.05, 0.1) is 0 Å².